The van der Waals surface area contributed by atoms with Crippen LogP contribution in [0.3, 0.4) is 0 Å². The molecule has 0 saturated carbocycles. The third-order valence-corrected chi connectivity index (χ3v) is 4.67. The van der Waals surface area contributed by atoms with Crippen LogP contribution in [0.5, 0.6) is 0 Å². The average molecular weight is 355 g/mol. The van der Waals surface area contributed by atoms with Crippen LogP contribution >= 0.6 is 0 Å². The molecule has 0 spiro atoms. The van der Waals surface area contributed by atoms with Crippen molar-refractivity contribution in [3.63, 3.8) is 0 Å². The van der Waals surface area contributed by atoms with Gasteiger partial charge in [-0.3, -0.25) is 9.89 Å². The second-order valence-corrected chi connectivity index (χ2v) is 6.31. The van der Waals surface area contributed by atoms with Gasteiger partial charge >= 0.3 is 0 Å². The van der Waals surface area contributed by atoms with Crippen molar-refractivity contribution < 1.29 is 9.18 Å². The number of halogens is 1. The molecule has 3 aromatic rings. The first-order valence-corrected chi connectivity index (χ1v) is 8.57. The van der Waals surface area contributed by atoms with Crippen LogP contribution in [-0.4, -0.2) is 47.8 Å². The van der Waals surface area contributed by atoms with Crippen LogP contribution in [0.15, 0.2) is 36.8 Å². The minimum atomic E-state index is -0.295. The SMILES string of the molecule is O=C(c1cn[nH]c1-n1cnnn1)N1CCCCC[C@@H]1c1cccc(F)c1. The number of amides is 1. The Bertz CT molecular complexity index is 892. The molecule has 1 saturated heterocycles. The van der Waals surface area contributed by atoms with Gasteiger partial charge in [-0.1, -0.05) is 25.0 Å². The number of rotatable bonds is 3. The van der Waals surface area contributed by atoms with Crippen molar-refractivity contribution in [1.82, 2.24) is 35.3 Å². The number of likely N-dealkylation sites (tertiary alicyclic amines) is 1. The Hall–Kier alpha value is -3.10. The molecule has 1 fully saturated rings. The molecule has 1 aromatic carbocycles. The fourth-order valence-corrected chi connectivity index (χ4v) is 3.44. The second kappa shape index (κ2) is 7.03. The topological polar surface area (TPSA) is 92.6 Å². The van der Waals surface area contributed by atoms with E-state index in [-0.39, 0.29) is 17.8 Å². The fourth-order valence-electron chi connectivity index (χ4n) is 3.44. The maximum Gasteiger partial charge on any atom is 0.259 e. The number of aromatic amines is 1. The standard InChI is InChI=1S/C17H18FN7O/c18-13-6-4-5-12(9-13)15-7-2-1-3-8-24(15)17(26)14-10-19-21-16(14)25-11-20-22-23-25/h4-6,9-11,15H,1-3,7-8H2,(H,19,21)/t15-/m1/s1. The number of hydrogen-bond acceptors (Lipinski definition) is 5. The van der Waals surface area contributed by atoms with E-state index in [1.807, 2.05) is 6.07 Å². The maximum atomic E-state index is 13.7. The van der Waals surface area contributed by atoms with Crippen LogP contribution < -0.4 is 0 Å². The van der Waals surface area contributed by atoms with Crippen molar-refractivity contribution in [3.8, 4) is 5.82 Å². The van der Waals surface area contributed by atoms with Gasteiger partial charge < -0.3 is 4.90 Å². The zero-order chi connectivity index (χ0) is 17.9. The second-order valence-electron chi connectivity index (χ2n) is 6.31. The predicted molar refractivity (Wildman–Crippen MR) is 89.9 cm³/mol. The Balaban J connectivity index is 1.70. The van der Waals surface area contributed by atoms with E-state index in [9.17, 15) is 9.18 Å². The van der Waals surface area contributed by atoms with Crippen molar-refractivity contribution in [2.75, 3.05) is 6.54 Å². The molecule has 0 radical (unpaired) electrons. The number of tetrazole rings is 1. The highest BCUT2D eigenvalue weighted by Crippen LogP contribution is 2.32. The molecule has 0 bridgehead atoms. The molecule has 1 N–H and O–H groups in total. The molecule has 9 heteroatoms. The smallest absolute Gasteiger partial charge is 0.259 e. The summed E-state index contributed by atoms with van der Waals surface area (Å²) in [5.41, 5.74) is 1.20. The molecule has 1 amide bonds. The molecular weight excluding hydrogens is 337 g/mol. The summed E-state index contributed by atoms with van der Waals surface area (Å²) in [6.45, 7) is 0.611. The molecule has 8 nitrogen and oxygen atoms in total. The lowest BCUT2D eigenvalue weighted by Gasteiger charge is -2.30. The molecule has 0 aliphatic carbocycles. The van der Waals surface area contributed by atoms with Gasteiger partial charge in [-0.2, -0.15) is 9.78 Å². The normalized spacial score (nSPS) is 17.9. The summed E-state index contributed by atoms with van der Waals surface area (Å²) in [6, 6.07) is 6.31. The van der Waals surface area contributed by atoms with Crippen LogP contribution in [-0.2, 0) is 0 Å². The zero-order valence-electron chi connectivity index (χ0n) is 14.0. The van der Waals surface area contributed by atoms with Crippen molar-refractivity contribution in [2.24, 2.45) is 0 Å². The van der Waals surface area contributed by atoms with E-state index in [2.05, 4.69) is 25.7 Å². The lowest BCUT2D eigenvalue weighted by Crippen LogP contribution is -2.35. The summed E-state index contributed by atoms with van der Waals surface area (Å²) in [5.74, 6) is -0.0421. The number of carbonyl (C=O) groups is 1. The molecule has 0 unspecified atom stereocenters. The van der Waals surface area contributed by atoms with Crippen LogP contribution in [0.2, 0.25) is 0 Å². The number of carbonyl (C=O) groups excluding carboxylic acids is 1. The first-order valence-electron chi connectivity index (χ1n) is 8.57. The average Bonchev–Trinajstić information content (AvgIpc) is 3.28. The van der Waals surface area contributed by atoms with E-state index in [0.29, 0.717) is 17.9 Å². The highest BCUT2D eigenvalue weighted by atomic mass is 19.1. The van der Waals surface area contributed by atoms with Gasteiger partial charge in [0, 0.05) is 6.54 Å². The van der Waals surface area contributed by atoms with Gasteiger partial charge in [-0.05, 0) is 41.0 Å². The Kier molecular flexibility index (Phi) is 4.42. The highest BCUT2D eigenvalue weighted by molar-refractivity contribution is 5.97. The number of aromatic nitrogens is 6. The van der Waals surface area contributed by atoms with Gasteiger partial charge in [0.15, 0.2) is 5.82 Å². The number of benzene rings is 1. The van der Waals surface area contributed by atoms with Gasteiger partial charge in [0.25, 0.3) is 5.91 Å². The van der Waals surface area contributed by atoms with Crippen molar-refractivity contribution in [2.45, 2.75) is 31.7 Å². The first-order chi connectivity index (χ1) is 12.7. The minimum absolute atomic E-state index is 0.166. The lowest BCUT2D eigenvalue weighted by atomic mass is 10.00. The number of hydrogen-bond donors (Lipinski definition) is 1. The van der Waals surface area contributed by atoms with E-state index < -0.39 is 0 Å². The first kappa shape index (κ1) is 16.4. The molecule has 1 atom stereocenters. The van der Waals surface area contributed by atoms with Gasteiger partial charge in [0.1, 0.15) is 17.7 Å². The summed E-state index contributed by atoms with van der Waals surface area (Å²) < 4.78 is 15.1. The molecule has 2 aromatic heterocycles. The van der Waals surface area contributed by atoms with E-state index in [4.69, 9.17) is 0 Å². The summed E-state index contributed by atoms with van der Waals surface area (Å²) in [4.78, 5) is 15.1. The third-order valence-electron chi connectivity index (χ3n) is 4.67. The Labute approximate surface area is 149 Å². The summed E-state index contributed by atoms with van der Waals surface area (Å²) in [5, 5.41) is 17.8. The molecular formula is C17H18FN7O. The van der Waals surface area contributed by atoms with Crippen molar-refractivity contribution >= 4 is 5.91 Å². The van der Waals surface area contributed by atoms with Crippen LogP contribution in [0.25, 0.3) is 5.82 Å². The van der Waals surface area contributed by atoms with E-state index in [0.717, 1.165) is 31.2 Å². The molecule has 26 heavy (non-hydrogen) atoms. The fraction of sp³-hybridized carbons (Fsp3) is 0.353. The number of H-pyrrole nitrogens is 1. The predicted octanol–water partition coefficient (Wildman–Crippen LogP) is 2.28. The van der Waals surface area contributed by atoms with Crippen LogP contribution in [0, 0.1) is 5.82 Å². The van der Waals surface area contributed by atoms with Crippen molar-refractivity contribution in [1.29, 1.82) is 0 Å². The van der Waals surface area contributed by atoms with Crippen LogP contribution in [0.1, 0.15) is 47.6 Å². The molecule has 134 valence electrons. The third kappa shape index (κ3) is 3.07. The number of nitrogens with one attached hydrogen (secondary N) is 1. The van der Waals surface area contributed by atoms with Gasteiger partial charge in [0.05, 0.1) is 12.2 Å². The summed E-state index contributed by atoms with van der Waals surface area (Å²) in [7, 11) is 0. The van der Waals surface area contributed by atoms with Crippen molar-refractivity contribution in [3.05, 3.63) is 53.7 Å². The highest BCUT2D eigenvalue weighted by Gasteiger charge is 2.30. The largest absolute Gasteiger partial charge is 0.331 e. The van der Waals surface area contributed by atoms with Gasteiger partial charge in [0.2, 0.25) is 0 Å². The quantitative estimate of drug-likeness (QED) is 0.778. The molecule has 1 aliphatic heterocycles. The molecule has 3 heterocycles. The Morgan fingerprint density at radius 3 is 3.00 bits per heavy atom. The number of nitrogens with zero attached hydrogens (tertiary/aromatic N) is 6. The molecule has 1 aliphatic rings. The van der Waals surface area contributed by atoms with Gasteiger partial charge in [-0.15, -0.1) is 5.10 Å². The zero-order valence-corrected chi connectivity index (χ0v) is 14.0. The van der Waals surface area contributed by atoms with Gasteiger partial charge in [-0.25, -0.2) is 4.39 Å². The van der Waals surface area contributed by atoms with E-state index in [1.54, 1.807) is 11.0 Å². The van der Waals surface area contributed by atoms with Crippen LogP contribution in [0.4, 0.5) is 4.39 Å². The Morgan fingerprint density at radius 1 is 1.27 bits per heavy atom. The lowest BCUT2D eigenvalue weighted by molar-refractivity contribution is 0.0680. The molecule has 4 rings (SSSR count). The summed E-state index contributed by atoms with van der Waals surface area (Å²) >= 11 is 0. The minimum Gasteiger partial charge on any atom is -0.331 e. The summed E-state index contributed by atoms with van der Waals surface area (Å²) in [6.07, 6.45) is 6.63. The van der Waals surface area contributed by atoms with E-state index in [1.165, 1.54) is 29.3 Å². The monoisotopic (exact) mass is 355 g/mol. The Morgan fingerprint density at radius 2 is 2.19 bits per heavy atom. The maximum absolute atomic E-state index is 13.7. The van der Waals surface area contributed by atoms with E-state index >= 15 is 0 Å².